The second kappa shape index (κ2) is 5.06. The summed E-state index contributed by atoms with van der Waals surface area (Å²) in [6, 6.07) is 13.5. The van der Waals surface area contributed by atoms with Crippen LogP contribution >= 0.6 is 0 Å². The second-order valence-corrected chi connectivity index (χ2v) is 5.99. The molecule has 2 aromatic rings. The smallest absolute Gasteiger partial charge is 0.129 e. The Hall–Kier alpha value is -1.61. The first-order valence-electron chi connectivity index (χ1n) is 7.75. The van der Waals surface area contributed by atoms with E-state index in [1.54, 1.807) is 0 Å². The lowest BCUT2D eigenvalue weighted by atomic mass is 9.99. The lowest BCUT2D eigenvalue weighted by molar-refractivity contribution is 0.133. The zero-order valence-corrected chi connectivity index (χ0v) is 11.8. The standard InChI is InChI=1S/C17H21N3/c1-2-7-16-14(5-1)8-9-17(18-16)20-12-11-19-10-4-3-6-15(19)13-20/h1-2,5,7-9,15H,3-4,6,10-13H2/t15-/m1/s1. The first-order valence-corrected chi connectivity index (χ1v) is 7.75. The number of hydrogen-bond acceptors (Lipinski definition) is 3. The highest BCUT2D eigenvalue weighted by molar-refractivity contribution is 5.80. The van der Waals surface area contributed by atoms with E-state index < -0.39 is 0 Å². The first kappa shape index (κ1) is 12.2. The summed E-state index contributed by atoms with van der Waals surface area (Å²) in [7, 11) is 0. The Morgan fingerprint density at radius 2 is 1.90 bits per heavy atom. The van der Waals surface area contributed by atoms with Gasteiger partial charge in [-0.05, 0) is 37.6 Å². The summed E-state index contributed by atoms with van der Waals surface area (Å²) in [5.41, 5.74) is 1.11. The molecule has 0 saturated carbocycles. The number of piperidine rings is 1. The molecule has 1 atom stereocenters. The highest BCUT2D eigenvalue weighted by Crippen LogP contribution is 2.25. The Morgan fingerprint density at radius 3 is 2.90 bits per heavy atom. The van der Waals surface area contributed by atoms with Gasteiger partial charge < -0.3 is 4.90 Å². The number of hydrogen-bond donors (Lipinski definition) is 0. The van der Waals surface area contributed by atoms with Crippen molar-refractivity contribution in [2.24, 2.45) is 0 Å². The number of piperazine rings is 1. The number of para-hydroxylation sites is 1. The normalized spacial score (nSPS) is 23.8. The molecule has 2 aliphatic heterocycles. The van der Waals surface area contributed by atoms with Gasteiger partial charge in [0, 0.05) is 31.1 Å². The Morgan fingerprint density at radius 1 is 0.950 bits per heavy atom. The number of aromatic nitrogens is 1. The summed E-state index contributed by atoms with van der Waals surface area (Å²) in [4.78, 5) is 9.98. The van der Waals surface area contributed by atoms with E-state index in [1.807, 2.05) is 0 Å². The van der Waals surface area contributed by atoms with Gasteiger partial charge in [0.2, 0.25) is 0 Å². The number of anilines is 1. The van der Waals surface area contributed by atoms with E-state index >= 15 is 0 Å². The molecule has 3 heteroatoms. The molecule has 0 amide bonds. The Kier molecular flexibility index (Phi) is 3.07. The van der Waals surface area contributed by atoms with Crippen molar-refractivity contribution >= 4 is 16.7 Å². The zero-order chi connectivity index (χ0) is 13.4. The topological polar surface area (TPSA) is 19.4 Å². The first-order chi connectivity index (χ1) is 9.90. The van der Waals surface area contributed by atoms with Crippen molar-refractivity contribution in [1.82, 2.24) is 9.88 Å². The largest absolute Gasteiger partial charge is 0.354 e. The summed E-state index contributed by atoms with van der Waals surface area (Å²) >= 11 is 0. The molecule has 3 heterocycles. The summed E-state index contributed by atoms with van der Waals surface area (Å²) in [5, 5.41) is 1.23. The third-order valence-electron chi connectivity index (χ3n) is 4.75. The van der Waals surface area contributed by atoms with Crippen molar-refractivity contribution < 1.29 is 0 Å². The van der Waals surface area contributed by atoms with Crippen molar-refractivity contribution in [3.63, 3.8) is 0 Å². The van der Waals surface area contributed by atoms with Gasteiger partial charge in [-0.3, -0.25) is 4.90 Å². The van der Waals surface area contributed by atoms with Gasteiger partial charge in [-0.2, -0.15) is 0 Å². The van der Waals surface area contributed by atoms with Gasteiger partial charge in [-0.25, -0.2) is 4.98 Å². The quantitative estimate of drug-likeness (QED) is 0.792. The van der Waals surface area contributed by atoms with Gasteiger partial charge in [-0.15, -0.1) is 0 Å². The van der Waals surface area contributed by atoms with Crippen LogP contribution in [0.3, 0.4) is 0 Å². The van der Waals surface area contributed by atoms with Gasteiger partial charge in [0.15, 0.2) is 0 Å². The molecule has 0 aliphatic carbocycles. The van der Waals surface area contributed by atoms with Crippen LogP contribution in [-0.2, 0) is 0 Å². The van der Waals surface area contributed by atoms with Crippen LogP contribution in [0.1, 0.15) is 19.3 Å². The van der Waals surface area contributed by atoms with Crippen LogP contribution in [0.4, 0.5) is 5.82 Å². The van der Waals surface area contributed by atoms with Crippen molar-refractivity contribution in [2.45, 2.75) is 25.3 Å². The Labute approximate surface area is 120 Å². The highest BCUT2D eigenvalue weighted by Gasteiger charge is 2.29. The minimum absolute atomic E-state index is 0.741. The lowest BCUT2D eigenvalue weighted by Crippen LogP contribution is -2.55. The van der Waals surface area contributed by atoms with Crippen molar-refractivity contribution in [2.75, 3.05) is 31.1 Å². The van der Waals surface area contributed by atoms with Crippen LogP contribution in [0.15, 0.2) is 36.4 Å². The molecule has 2 saturated heterocycles. The number of rotatable bonds is 1. The number of pyridine rings is 1. The SMILES string of the molecule is c1ccc2nc(N3CCN4CCCC[C@@H]4C3)ccc2c1. The van der Waals surface area contributed by atoms with E-state index in [9.17, 15) is 0 Å². The van der Waals surface area contributed by atoms with Crippen molar-refractivity contribution in [3.8, 4) is 0 Å². The molecule has 2 aliphatic rings. The lowest BCUT2D eigenvalue weighted by Gasteiger charge is -2.44. The fraction of sp³-hybridized carbons (Fsp3) is 0.471. The predicted molar refractivity (Wildman–Crippen MR) is 83.2 cm³/mol. The number of nitrogens with zero attached hydrogens (tertiary/aromatic N) is 3. The molecule has 0 unspecified atom stereocenters. The molecule has 104 valence electrons. The van der Waals surface area contributed by atoms with Crippen LogP contribution in [0.25, 0.3) is 10.9 Å². The van der Waals surface area contributed by atoms with E-state index in [4.69, 9.17) is 4.98 Å². The van der Waals surface area contributed by atoms with E-state index in [-0.39, 0.29) is 0 Å². The van der Waals surface area contributed by atoms with Gasteiger partial charge >= 0.3 is 0 Å². The third-order valence-corrected chi connectivity index (χ3v) is 4.75. The average Bonchev–Trinajstić information content (AvgIpc) is 2.54. The summed E-state index contributed by atoms with van der Waals surface area (Å²) < 4.78 is 0. The maximum absolute atomic E-state index is 4.84. The molecule has 4 rings (SSSR count). The summed E-state index contributed by atoms with van der Waals surface area (Å²) in [6.45, 7) is 4.75. The van der Waals surface area contributed by atoms with Gasteiger partial charge in [0.05, 0.1) is 5.52 Å². The predicted octanol–water partition coefficient (Wildman–Crippen LogP) is 2.91. The maximum Gasteiger partial charge on any atom is 0.129 e. The molecule has 1 aromatic carbocycles. The van der Waals surface area contributed by atoms with E-state index in [0.717, 1.165) is 30.5 Å². The number of benzene rings is 1. The summed E-state index contributed by atoms with van der Waals surface area (Å²) in [5.74, 6) is 1.15. The molecular formula is C17H21N3. The average molecular weight is 267 g/mol. The fourth-order valence-electron chi connectivity index (χ4n) is 3.60. The van der Waals surface area contributed by atoms with Gasteiger partial charge in [0.25, 0.3) is 0 Å². The van der Waals surface area contributed by atoms with Crippen LogP contribution < -0.4 is 4.90 Å². The van der Waals surface area contributed by atoms with E-state index in [1.165, 1.54) is 37.7 Å². The summed E-state index contributed by atoms with van der Waals surface area (Å²) in [6.07, 6.45) is 4.12. The van der Waals surface area contributed by atoms with Crippen LogP contribution in [0, 0.1) is 0 Å². The Balaban J connectivity index is 1.59. The fourth-order valence-corrected chi connectivity index (χ4v) is 3.60. The molecule has 0 radical (unpaired) electrons. The molecule has 0 bridgehead atoms. The minimum atomic E-state index is 0.741. The highest BCUT2D eigenvalue weighted by atomic mass is 15.3. The second-order valence-electron chi connectivity index (χ2n) is 5.99. The third kappa shape index (κ3) is 2.16. The molecule has 3 nitrogen and oxygen atoms in total. The van der Waals surface area contributed by atoms with E-state index in [0.29, 0.717) is 0 Å². The Bertz CT molecular complexity index is 610. The number of fused-ring (bicyclic) bond motifs is 2. The minimum Gasteiger partial charge on any atom is -0.354 e. The molecule has 1 aromatic heterocycles. The van der Waals surface area contributed by atoms with Crippen LogP contribution in [-0.4, -0.2) is 42.1 Å². The van der Waals surface area contributed by atoms with Crippen molar-refractivity contribution in [1.29, 1.82) is 0 Å². The molecule has 2 fully saturated rings. The monoisotopic (exact) mass is 267 g/mol. The van der Waals surface area contributed by atoms with E-state index in [2.05, 4.69) is 46.2 Å². The van der Waals surface area contributed by atoms with Crippen LogP contribution in [0.2, 0.25) is 0 Å². The molecule has 20 heavy (non-hydrogen) atoms. The van der Waals surface area contributed by atoms with Crippen LogP contribution in [0.5, 0.6) is 0 Å². The molecule has 0 N–H and O–H groups in total. The zero-order valence-electron chi connectivity index (χ0n) is 11.8. The molecule has 0 spiro atoms. The van der Waals surface area contributed by atoms with Crippen molar-refractivity contribution in [3.05, 3.63) is 36.4 Å². The van der Waals surface area contributed by atoms with Gasteiger partial charge in [-0.1, -0.05) is 24.6 Å². The van der Waals surface area contributed by atoms with Gasteiger partial charge in [0.1, 0.15) is 5.82 Å². The maximum atomic E-state index is 4.84. The molecular weight excluding hydrogens is 246 g/mol.